The molecular formula is C21H23NO4S. The Morgan fingerprint density at radius 2 is 1.93 bits per heavy atom. The van der Waals surface area contributed by atoms with Gasteiger partial charge in [0.2, 0.25) is 5.91 Å². The lowest BCUT2D eigenvalue weighted by atomic mass is 9.94. The first kappa shape index (κ1) is 18.0. The monoisotopic (exact) mass is 385 g/mol. The number of carbonyl (C=O) groups is 1. The highest BCUT2D eigenvalue weighted by atomic mass is 32.2. The lowest BCUT2D eigenvalue weighted by Crippen LogP contribution is -2.35. The van der Waals surface area contributed by atoms with E-state index in [1.165, 1.54) is 0 Å². The molecule has 0 aliphatic carbocycles. The Kier molecular flexibility index (Phi) is 4.91. The molecule has 1 amide bonds. The number of sulfone groups is 1. The van der Waals surface area contributed by atoms with E-state index in [4.69, 9.17) is 4.74 Å². The second kappa shape index (κ2) is 7.35. The third kappa shape index (κ3) is 4.00. The normalized spacial score (nSPS) is 21.7. The van der Waals surface area contributed by atoms with Gasteiger partial charge in [-0.05, 0) is 48.1 Å². The number of hydrogen-bond donors (Lipinski definition) is 1. The molecule has 4 rings (SSSR count). The number of nitrogens with one attached hydrogen (secondary N) is 1. The molecule has 1 N–H and O–H groups in total. The summed E-state index contributed by atoms with van der Waals surface area (Å²) in [5.41, 5.74) is 3.11. The number of carbonyl (C=O) groups excluding carboxylic acids is 1. The molecule has 0 aromatic heterocycles. The first-order chi connectivity index (χ1) is 13.0. The van der Waals surface area contributed by atoms with Gasteiger partial charge >= 0.3 is 0 Å². The van der Waals surface area contributed by atoms with Crippen LogP contribution in [-0.2, 0) is 21.1 Å². The first-order valence-electron chi connectivity index (χ1n) is 9.33. The summed E-state index contributed by atoms with van der Waals surface area (Å²) in [5, 5.41) is 3.09. The van der Waals surface area contributed by atoms with Crippen LogP contribution < -0.4 is 10.1 Å². The van der Waals surface area contributed by atoms with E-state index >= 15 is 0 Å². The Hall–Kier alpha value is -2.34. The maximum absolute atomic E-state index is 12.8. The molecule has 2 aromatic carbocycles. The molecule has 2 atom stereocenters. The van der Waals surface area contributed by atoms with Gasteiger partial charge in [-0.3, -0.25) is 4.79 Å². The average molecular weight is 385 g/mol. The van der Waals surface area contributed by atoms with E-state index in [1.807, 2.05) is 42.5 Å². The standard InChI is InChI=1S/C21H23NO4S/c23-21(18-10-12-27(24,25)14-18)22-20(15-5-2-1-3-6-15)17-8-9-19-16(13-17)7-4-11-26-19/h1-3,5-6,8-9,13,18,20H,4,7,10-12,14H2,(H,22,23)/t18-,20-/m1/s1. The highest BCUT2D eigenvalue weighted by Gasteiger charge is 2.34. The van der Waals surface area contributed by atoms with Crippen molar-refractivity contribution in [2.75, 3.05) is 18.1 Å². The van der Waals surface area contributed by atoms with Crippen LogP contribution in [0.3, 0.4) is 0 Å². The quantitative estimate of drug-likeness (QED) is 0.878. The molecule has 2 heterocycles. The molecular weight excluding hydrogens is 362 g/mol. The number of aryl methyl sites for hydroxylation is 1. The van der Waals surface area contributed by atoms with Crippen molar-refractivity contribution < 1.29 is 17.9 Å². The number of ether oxygens (including phenoxy) is 1. The summed E-state index contributed by atoms with van der Waals surface area (Å²) >= 11 is 0. The van der Waals surface area contributed by atoms with Crippen LogP contribution in [-0.4, -0.2) is 32.4 Å². The molecule has 1 fully saturated rings. The fraction of sp³-hybridized carbons (Fsp3) is 0.381. The van der Waals surface area contributed by atoms with Crippen LogP contribution in [0.2, 0.25) is 0 Å². The predicted octanol–water partition coefficient (Wildman–Crippen LogP) is 2.65. The molecule has 0 bridgehead atoms. The Morgan fingerprint density at radius 3 is 2.67 bits per heavy atom. The van der Waals surface area contributed by atoms with Gasteiger partial charge in [0, 0.05) is 0 Å². The van der Waals surface area contributed by atoms with E-state index in [0.29, 0.717) is 6.42 Å². The van der Waals surface area contributed by atoms with Gasteiger partial charge in [-0.1, -0.05) is 36.4 Å². The van der Waals surface area contributed by atoms with Gasteiger partial charge in [0.1, 0.15) is 5.75 Å². The Morgan fingerprint density at radius 1 is 1.11 bits per heavy atom. The van der Waals surface area contributed by atoms with E-state index in [1.54, 1.807) is 0 Å². The van der Waals surface area contributed by atoms with Crippen LogP contribution in [0.4, 0.5) is 0 Å². The van der Waals surface area contributed by atoms with Crippen molar-refractivity contribution in [1.29, 1.82) is 0 Å². The summed E-state index contributed by atoms with van der Waals surface area (Å²) < 4.78 is 29.2. The zero-order valence-corrected chi connectivity index (χ0v) is 15.9. The van der Waals surface area contributed by atoms with Crippen molar-refractivity contribution in [2.24, 2.45) is 5.92 Å². The molecule has 2 aliphatic rings. The number of fused-ring (bicyclic) bond motifs is 1. The minimum Gasteiger partial charge on any atom is -0.493 e. The average Bonchev–Trinajstić information content (AvgIpc) is 3.06. The fourth-order valence-corrected chi connectivity index (χ4v) is 5.57. The fourth-order valence-electron chi connectivity index (χ4n) is 3.83. The molecule has 142 valence electrons. The molecule has 27 heavy (non-hydrogen) atoms. The van der Waals surface area contributed by atoms with E-state index < -0.39 is 15.8 Å². The van der Waals surface area contributed by atoms with E-state index in [9.17, 15) is 13.2 Å². The van der Waals surface area contributed by atoms with Gasteiger partial charge in [-0.2, -0.15) is 0 Å². The summed E-state index contributed by atoms with van der Waals surface area (Å²) in [6.45, 7) is 0.737. The molecule has 1 saturated heterocycles. The number of amides is 1. The smallest absolute Gasteiger partial charge is 0.224 e. The van der Waals surface area contributed by atoms with Gasteiger partial charge in [-0.25, -0.2) is 8.42 Å². The highest BCUT2D eigenvalue weighted by molar-refractivity contribution is 7.91. The van der Waals surface area contributed by atoms with Crippen molar-refractivity contribution in [2.45, 2.75) is 25.3 Å². The third-order valence-corrected chi connectivity index (χ3v) is 7.06. The van der Waals surface area contributed by atoms with E-state index in [-0.39, 0.29) is 23.5 Å². The van der Waals surface area contributed by atoms with Crippen LogP contribution in [0, 0.1) is 5.92 Å². The van der Waals surface area contributed by atoms with Crippen LogP contribution in [0.15, 0.2) is 48.5 Å². The maximum atomic E-state index is 12.8. The minimum absolute atomic E-state index is 0.0572. The van der Waals surface area contributed by atoms with Crippen LogP contribution in [0.25, 0.3) is 0 Å². The van der Waals surface area contributed by atoms with Crippen molar-refractivity contribution in [3.8, 4) is 5.75 Å². The summed E-state index contributed by atoms with van der Waals surface area (Å²) in [5.74, 6) is 0.279. The van der Waals surface area contributed by atoms with Crippen molar-refractivity contribution in [3.63, 3.8) is 0 Å². The number of hydrogen-bond acceptors (Lipinski definition) is 4. The molecule has 0 unspecified atom stereocenters. The molecule has 5 nitrogen and oxygen atoms in total. The summed E-state index contributed by atoms with van der Waals surface area (Å²) in [7, 11) is -3.09. The number of benzene rings is 2. The second-order valence-electron chi connectivity index (χ2n) is 7.27. The van der Waals surface area contributed by atoms with Gasteiger partial charge in [0.15, 0.2) is 9.84 Å². The molecule has 0 radical (unpaired) electrons. The number of rotatable bonds is 4. The molecule has 2 aliphatic heterocycles. The molecule has 0 saturated carbocycles. The lowest BCUT2D eigenvalue weighted by molar-refractivity contribution is -0.124. The first-order valence-corrected chi connectivity index (χ1v) is 11.2. The highest BCUT2D eigenvalue weighted by Crippen LogP contribution is 2.31. The zero-order valence-electron chi connectivity index (χ0n) is 15.1. The topological polar surface area (TPSA) is 72.5 Å². The summed E-state index contributed by atoms with van der Waals surface area (Å²) in [6, 6.07) is 15.5. The van der Waals surface area contributed by atoms with Crippen LogP contribution in [0.5, 0.6) is 5.75 Å². The Labute approximate surface area is 159 Å². The van der Waals surface area contributed by atoms with Crippen molar-refractivity contribution in [1.82, 2.24) is 5.32 Å². The lowest BCUT2D eigenvalue weighted by Gasteiger charge is -2.24. The molecule has 2 aromatic rings. The largest absolute Gasteiger partial charge is 0.493 e. The van der Waals surface area contributed by atoms with Gasteiger partial charge in [-0.15, -0.1) is 0 Å². The third-order valence-electron chi connectivity index (χ3n) is 5.29. The van der Waals surface area contributed by atoms with E-state index in [2.05, 4.69) is 11.4 Å². The molecule has 6 heteroatoms. The van der Waals surface area contributed by atoms with Crippen molar-refractivity contribution in [3.05, 3.63) is 65.2 Å². The Balaban J connectivity index is 1.63. The second-order valence-corrected chi connectivity index (χ2v) is 9.50. The SMILES string of the molecule is O=C(N[C@H](c1ccccc1)c1ccc2c(c1)CCCO2)[C@@H]1CCS(=O)(=O)C1. The predicted molar refractivity (Wildman–Crippen MR) is 103 cm³/mol. The summed E-state index contributed by atoms with van der Waals surface area (Å²) in [4.78, 5) is 12.8. The van der Waals surface area contributed by atoms with Crippen molar-refractivity contribution >= 4 is 15.7 Å². The van der Waals surface area contributed by atoms with Gasteiger partial charge in [0.05, 0.1) is 30.1 Å². The summed E-state index contributed by atoms with van der Waals surface area (Å²) in [6.07, 6.45) is 2.34. The van der Waals surface area contributed by atoms with Gasteiger partial charge in [0.25, 0.3) is 0 Å². The van der Waals surface area contributed by atoms with Crippen LogP contribution >= 0.6 is 0 Å². The molecule has 0 spiro atoms. The zero-order chi connectivity index (χ0) is 18.9. The maximum Gasteiger partial charge on any atom is 0.224 e. The van der Waals surface area contributed by atoms with Gasteiger partial charge < -0.3 is 10.1 Å². The van der Waals surface area contributed by atoms with E-state index in [0.717, 1.165) is 41.9 Å². The minimum atomic E-state index is -3.09. The Bertz CT molecular complexity index is 940. The van der Waals surface area contributed by atoms with Crippen LogP contribution in [0.1, 0.15) is 35.6 Å².